The van der Waals surface area contributed by atoms with Gasteiger partial charge in [-0.3, -0.25) is 4.98 Å². The van der Waals surface area contributed by atoms with E-state index in [9.17, 15) is 0 Å². The van der Waals surface area contributed by atoms with Crippen molar-refractivity contribution in [3.63, 3.8) is 0 Å². The van der Waals surface area contributed by atoms with E-state index in [1.165, 1.54) is 0 Å². The third-order valence-electron chi connectivity index (χ3n) is 5.77. The topological polar surface area (TPSA) is 42.3 Å². The quantitative estimate of drug-likeness (QED) is 0.283. The average Bonchev–Trinajstić information content (AvgIpc) is 3.45. The Morgan fingerprint density at radius 2 is 1.68 bits per heavy atom. The van der Waals surface area contributed by atoms with Crippen LogP contribution in [-0.4, -0.2) is 20.8 Å². The molecular weight excluding hydrogens is 508 g/mol. The number of aromatic nitrogens is 2. The van der Waals surface area contributed by atoms with Crippen LogP contribution in [0.15, 0.2) is 95.7 Å². The van der Waals surface area contributed by atoms with E-state index in [-0.39, 0.29) is 18.2 Å². The lowest BCUT2D eigenvalue weighted by Gasteiger charge is -2.29. The maximum Gasteiger partial charge on any atom is 0.174 e. The van der Waals surface area contributed by atoms with E-state index in [4.69, 9.17) is 17.0 Å². The number of pyridine rings is 1. The Morgan fingerprint density at radius 1 is 0.941 bits per heavy atom. The van der Waals surface area contributed by atoms with Crippen molar-refractivity contribution in [2.45, 2.75) is 32.0 Å². The van der Waals surface area contributed by atoms with Gasteiger partial charge in [-0.05, 0) is 98.9 Å². The molecule has 0 radical (unpaired) electrons. The third kappa shape index (κ3) is 4.45. The highest BCUT2D eigenvalue weighted by Crippen LogP contribution is 2.42. The highest BCUT2D eigenvalue weighted by atomic mass is 79.9. The zero-order valence-corrected chi connectivity index (χ0v) is 21.3. The molecule has 172 valence electrons. The number of halogens is 1. The minimum atomic E-state index is -0.107. The average molecular weight is 533 g/mol. The van der Waals surface area contributed by atoms with Crippen molar-refractivity contribution in [2.75, 3.05) is 4.90 Å². The van der Waals surface area contributed by atoms with Crippen LogP contribution in [0.2, 0.25) is 0 Å². The number of anilines is 1. The van der Waals surface area contributed by atoms with Crippen molar-refractivity contribution in [2.24, 2.45) is 0 Å². The zero-order chi connectivity index (χ0) is 23.7. The van der Waals surface area contributed by atoms with Crippen LogP contribution < -0.4 is 15.0 Å². The number of ether oxygens (including phenoxy) is 1. The standard InChI is InChI=1S/C27H25BrN4OS/c1-18(2)33-22-14-12-21(13-15-22)32-26(25(30-27(32)34)23-6-3-4-16-29-23)24-7-5-17-31(24)20-10-8-19(28)9-11-20/h3-18,25-26H,1-2H3,(H,30,34)/t25-,26-/m0/s1. The molecule has 7 heteroatoms. The van der Waals surface area contributed by atoms with Gasteiger partial charge in [0.05, 0.1) is 17.8 Å². The molecule has 0 bridgehead atoms. The maximum absolute atomic E-state index is 5.87. The molecule has 0 amide bonds. The molecule has 0 spiro atoms. The number of nitrogens with zero attached hydrogens (tertiary/aromatic N) is 3. The summed E-state index contributed by atoms with van der Waals surface area (Å²) in [5.41, 5.74) is 4.15. The van der Waals surface area contributed by atoms with Gasteiger partial charge < -0.3 is 19.5 Å². The number of hydrogen-bond donors (Lipinski definition) is 1. The molecule has 1 aliphatic rings. The van der Waals surface area contributed by atoms with Gasteiger partial charge in [0.1, 0.15) is 11.8 Å². The molecule has 0 aliphatic carbocycles. The summed E-state index contributed by atoms with van der Waals surface area (Å²) >= 11 is 9.41. The van der Waals surface area contributed by atoms with Crippen molar-refractivity contribution >= 4 is 38.9 Å². The van der Waals surface area contributed by atoms with E-state index in [1.807, 2.05) is 50.4 Å². The summed E-state index contributed by atoms with van der Waals surface area (Å²) in [6, 6.07) is 26.4. The van der Waals surface area contributed by atoms with Gasteiger partial charge in [0.15, 0.2) is 5.11 Å². The molecule has 2 aromatic carbocycles. The Kier molecular flexibility index (Phi) is 6.39. The van der Waals surface area contributed by atoms with Crippen LogP contribution in [0.3, 0.4) is 0 Å². The summed E-state index contributed by atoms with van der Waals surface area (Å²) in [7, 11) is 0. The SMILES string of the molecule is CC(C)Oc1ccc(N2C(=S)N[C@@H](c3ccccn3)[C@@H]2c2cccn2-c2ccc(Br)cc2)cc1. The Labute approximate surface area is 213 Å². The minimum absolute atomic E-state index is 0.0992. The molecule has 2 atom stereocenters. The molecule has 5 nitrogen and oxygen atoms in total. The first-order chi connectivity index (χ1) is 16.5. The summed E-state index contributed by atoms with van der Waals surface area (Å²) in [6.45, 7) is 4.05. The Bertz CT molecular complexity index is 1270. The van der Waals surface area contributed by atoms with Crippen LogP contribution >= 0.6 is 28.1 Å². The van der Waals surface area contributed by atoms with Crippen LogP contribution in [-0.2, 0) is 0 Å². The predicted octanol–water partition coefficient (Wildman–Crippen LogP) is 6.60. The first kappa shape index (κ1) is 22.6. The van der Waals surface area contributed by atoms with Crippen molar-refractivity contribution in [3.05, 3.63) is 107 Å². The Balaban J connectivity index is 1.60. The van der Waals surface area contributed by atoms with E-state index in [0.29, 0.717) is 5.11 Å². The molecule has 34 heavy (non-hydrogen) atoms. The maximum atomic E-state index is 5.87. The molecule has 5 rings (SSSR count). The van der Waals surface area contributed by atoms with Gasteiger partial charge in [0.2, 0.25) is 0 Å². The van der Waals surface area contributed by atoms with Gasteiger partial charge in [-0.2, -0.15) is 0 Å². The van der Waals surface area contributed by atoms with Gasteiger partial charge >= 0.3 is 0 Å². The minimum Gasteiger partial charge on any atom is -0.491 e. The predicted molar refractivity (Wildman–Crippen MR) is 144 cm³/mol. The van der Waals surface area contributed by atoms with Crippen LogP contribution in [0.4, 0.5) is 5.69 Å². The number of rotatable bonds is 6. The number of thiocarbonyl (C=S) groups is 1. The molecule has 3 heterocycles. The van der Waals surface area contributed by atoms with Crippen LogP contribution in [0.5, 0.6) is 5.75 Å². The highest BCUT2D eigenvalue weighted by molar-refractivity contribution is 9.10. The van der Waals surface area contributed by atoms with Crippen LogP contribution in [0, 0.1) is 0 Å². The monoisotopic (exact) mass is 532 g/mol. The molecule has 0 unspecified atom stereocenters. The first-order valence-electron chi connectivity index (χ1n) is 11.2. The van der Waals surface area contributed by atoms with Crippen molar-refractivity contribution in [1.29, 1.82) is 0 Å². The summed E-state index contributed by atoms with van der Waals surface area (Å²) in [4.78, 5) is 6.84. The largest absolute Gasteiger partial charge is 0.491 e. The molecule has 0 saturated carbocycles. The summed E-state index contributed by atoms with van der Waals surface area (Å²) < 4.78 is 9.11. The van der Waals surface area contributed by atoms with Crippen molar-refractivity contribution < 1.29 is 4.74 Å². The number of nitrogens with one attached hydrogen (secondary N) is 1. The summed E-state index contributed by atoms with van der Waals surface area (Å²) in [6.07, 6.45) is 4.04. The highest BCUT2D eigenvalue weighted by Gasteiger charge is 2.42. The summed E-state index contributed by atoms with van der Waals surface area (Å²) in [5, 5.41) is 4.20. The molecule has 4 aromatic rings. The number of hydrogen-bond acceptors (Lipinski definition) is 3. The van der Waals surface area contributed by atoms with Crippen LogP contribution in [0.25, 0.3) is 5.69 Å². The van der Waals surface area contributed by atoms with Gasteiger partial charge in [-0.15, -0.1) is 0 Å². The second-order valence-electron chi connectivity index (χ2n) is 8.44. The fourth-order valence-corrected chi connectivity index (χ4v) is 4.97. The lowest BCUT2D eigenvalue weighted by molar-refractivity contribution is 0.242. The molecule has 1 saturated heterocycles. The zero-order valence-electron chi connectivity index (χ0n) is 18.9. The van der Waals surface area contributed by atoms with Gasteiger partial charge in [0.25, 0.3) is 0 Å². The molecule has 1 aliphatic heterocycles. The summed E-state index contributed by atoms with van der Waals surface area (Å²) in [5.74, 6) is 0.841. The molecular formula is C27H25BrN4OS. The van der Waals surface area contributed by atoms with Crippen LogP contribution in [0.1, 0.15) is 37.3 Å². The molecule has 2 aromatic heterocycles. The van der Waals surface area contributed by atoms with E-state index >= 15 is 0 Å². The first-order valence-corrected chi connectivity index (χ1v) is 12.4. The Morgan fingerprint density at radius 3 is 2.35 bits per heavy atom. The lowest BCUT2D eigenvalue weighted by Crippen LogP contribution is -2.30. The fraction of sp³-hybridized carbons (Fsp3) is 0.185. The van der Waals surface area contributed by atoms with Gasteiger partial charge in [0, 0.05) is 33.9 Å². The third-order valence-corrected chi connectivity index (χ3v) is 6.62. The molecule has 1 fully saturated rings. The number of benzene rings is 2. The van der Waals surface area contributed by atoms with Gasteiger partial charge in [-0.25, -0.2) is 0 Å². The lowest BCUT2D eigenvalue weighted by atomic mass is 10.0. The molecule has 1 N–H and O–H groups in total. The van der Waals surface area contributed by atoms with Gasteiger partial charge in [-0.1, -0.05) is 22.0 Å². The second kappa shape index (κ2) is 9.60. The van der Waals surface area contributed by atoms with E-state index in [2.05, 4.69) is 90.4 Å². The van der Waals surface area contributed by atoms with E-state index < -0.39 is 0 Å². The fourth-order valence-electron chi connectivity index (χ4n) is 4.36. The second-order valence-corrected chi connectivity index (χ2v) is 9.74. The van der Waals surface area contributed by atoms with Crippen molar-refractivity contribution in [1.82, 2.24) is 14.9 Å². The van der Waals surface area contributed by atoms with Crippen molar-refractivity contribution in [3.8, 4) is 11.4 Å². The smallest absolute Gasteiger partial charge is 0.174 e. The van der Waals surface area contributed by atoms with E-state index in [1.54, 1.807) is 0 Å². The Hall–Kier alpha value is -3.16. The van der Waals surface area contributed by atoms with E-state index in [0.717, 1.165) is 33.0 Å². The normalized spacial score (nSPS) is 17.8.